The lowest BCUT2D eigenvalue weighted by atomic mass is 10.1. The summed E-state index contributed by atoms with van der Waals surface area (Å²) in [6.45, 7) is 0. The second-order valence-corrected chi connectivity index (χ2v) is 2.83. The first-order valence-electron chi connectivity index (χ1n) is 3.51. The zero-order valence-corrected chi connectivity index (χ0v) is 5.95. The van der Waals surface area contributed by atoms with E-state index in [0.29, 0.717) is 0 Å². The van der Waals surface area contributed by atoms with Crippen LogP contribution in [-0.2, 0) is 14.3 Å². The van der Waals surface area contributed by atoms with Crippen LogP contribution in [0.3, 0.4) is 0 Å². The van der Waals surface area contributed by atoms with Gasteiger partial charge in [-0.3, -0.25) is 0 Å². The number of carbonyl (C=O) groups is 1. The zero-order valence-electron chi connectivity index (χ0n) is 5.95. The highest BCUT2D eigenvalue weighted by molar-refractivity contribution is 5.78. The highest BCUT2D eigenvalue weighted by Gasteiger charge is 2.56. The second kappa shape index (κ2) is 2.40. The predicted octanol–water partition coefficient (Wildman–Crippen LogP) is -2.65. The molecule has 2 aliphatic heterocycles. The van der Waals surface area contributed by atoms with Crippen LogP contribution >= 0.6 is 0 Å². The molecule has 0 aromatic heterocycles. The smallest absolute Gasteiger partial charge is 0.338 e. The van der Waals surface area contributed by atoms with Crippen molar-refractivity contribution in [3.05, 3.63) is 0 Å². The highest BCUT2D eigenvalue weighted by atomic mass is 16.7. The number of ether oxygens (including phenoxy) is 2. The summed E-state index contributed by atoms with van der Waals surface area (Å²) in [5.74, 6) is -0.823. The summed E-state index contributed by atoms with van der Waals surface area (Å²) in [4.78, 5) is 10.7. The Morgan fingerprint density at radius 2 is 1.83 bits per heavy atom. The minimum absolute atomic E-state index is 0.823. The Labute approximate surface area is 67.3 Å². The predicted molar refractivity (Wildman–Crippen MR) is 32.8 cm³/mol. The standard InChI is InChI=1S/C6H8O6/c7-1-3-4(12-5(1)9)2(8)6(10)11-3/h1-5,7-9H/t1-,2+,3+,4+,5-/m0/s1. The van der Waals surface area contributed by atoms with E-state index in [2.05, 4.69) is 9.47 Å². The molecule has 2 heterocycles. The molecule has 68 valence electrons. The summed E-state index contributed by atoms with van der Waals surface area (Å²) in [7, 11) is 0. The number of carbonyl (C=O) groups excluding carboxylic acids is 1. The first-order chi connectivity index (χ1) is 5.61. The van der Waals surface area contributed by atoms with E-state index in [1.807, 2.05) is 0 Å². The van der Waals surface area contributed by atoms with Crippen molar-refractivity contribution in [2.24, 2.45) is 0 Å². The average molecular weight is 176 g/mol. The molecule has 0 aromatic carbocycles. The molecule has 0 amide bonds. The van der Waals surface area contributed by atoms with Gasteiger partial charge in [0.25, 0.3) is 0 Å². The molecule has 3 N–H and O–H groups in total. The first kappa shape index (κ1) is 7.93. The van der Waals surface area contributed by atoms with Crippen LogP contribution in [0, 0.1) is 0 Å². The maximum Gasteiger partial charge on any atom is 0.338 e. The average Bonchev–Trinajstić information content (AvgIpc) is 2.43. The molecular weight excluding hydrogens is 168 g/mol. The molecule has 12 heavy (non-hydrogen) atoms. The van der Waals surface area contributed by atoms with Crippen molar-refractivity contribution < 1.29 is 29.6 Å². The number of esters is 1. The van der Waals surface area contributed by atoms with Gasteiger partial charge in [-0.1, -0.05) is 0 Å². The summed E-state index contributed by atoms with van der Waals surface area (Å²) >= 11 is 0. The molecule has 2 saturated heterocycles. The second-order valence-electron chi connectivity index (χ2n) is 2.83. The summed E-state index contributed by atoms with van der Waals surface area (Å²) in [5.41, 5.74) is 0. The molecule has 0 unspecified atom stereocenters. The van der Waals surface area contributed by atoms with Crippen LogP contribution < -0.4 is 0 Å². The minimum atomic E-state index is -1.40. The van der Waals surface area contributed by atoms with E-state index in [1.54, 1.807) is 0 Å². The third-order valence-corrected chi connectivity index (χ3v) is 2.05. The van der Waals surface area contributed by atoms with Gasteiger partial charge in [-0.05, 0) is 0 Å². The van der Waals surface area contributed by atoms with Crippen LogP contribution in [0.25, 0.3) is 0 Å². The Kier molecular flexibility index (Phi) is 1.58. The maximum absolute atomic E-state index is 10.7. The number of rotatable bonds is 0. The maximum atomic E-state index is 10.7. The van der Waals surface area contributed by atoms with Crippen molar-refractivity contribution in [1.82, 2.24) is 0 Å². The lowest BCUT2D eigenvalue weighted by Crippen LogP contribution is -2.32. The zero-order chi connectivity index (χ0) is 8.88. The molecule has 6 nitrogen and oxygen atoms in total. The van der Waals surface area contributed by atoms with E-state index >= 15 is 0 Å². The molecule has 6 heteroatoms. The minimum Gasteiger partial charge on any atom is -0.454 e. The van der Waals surface area contributed by atoms with Crippen molar-refractivity contribution in [3.63, 3.8) is 0 Å². The van der Waals surface area contributed by atoms with Gasteiger partial charge in [0, 0.05) is 0 Å². The molecule has 2 aliphatic rings. The number of aliphatic hydroxyl groups excluding tert-OH is 3. The molecule has 0 aliphatic carbocycles. The van der Waals surface area contributed by atoms with E-state index in [0.717, 1.165) is 0 Å². The lowest BCUT2D eigenvalue weighted by molar-refractivity contribution is -0.168. The van der Waals surface area contributed by atoms with Gasteiger partial charge in [0.2, 0.25) is 0 Å². The molecular formula is C6H8O6. The number of hydrogen-bond acceptors (Lipinski definition) is 6. The van der Waals surface area contributed by atoms with Crippen LogP contribution in [0.15, 0.2) is 0 Å². The molecule has 5 atom stereocenters. The van der Waals surface area contributed by atoms with Gasteiger partial charge in [0.1, 0.15) is 12.2 Å². The number of fused-ring (bicyclic) bond motifs is 1. The summed E-state index contributed by atoms with van der Waals surface area (Å²) in [6.07, 6.45) is -5.94. The Hall–Kier alpha value is -0.690. The topological polar surface area (TPSA) is 96.2 Å². The van der Waals surface area contributed by atoms with E-state index in [9.17, 15) is 4.79 Å². The van der Waals surface area contributed by atoms with Gasteiger partial charge < -0.3 is 24.8 Å². The van der Waals surface area contributed by atoms with Gasteiger partial charge in [-0.2, -0.15) is 0 Å². The van der Waals surface area contributed by atoms with Crippen molar-refractivity contribution in [1.29, 1.82) is 0 Å². The van der Waals surface area contributed by atoms with Crippen LogP contribution in [0.4, 0.5) is 0 Å². The van der Waals surface area contributed by atoms with E-state index < -0.39 is 36.7 Å². The molecule has 2 fully saturated rings. The number of hydrogen-bond donors (Lipinski definition) is 3. The van der Waals surface area contributed by atoms with Crippen molar-refractivity contribution >= 4 is 5.97 Å². The van der Waals surface area contributed by atoms with Gasteiger partial charge >= 0.3 is 5.97 Å². The van der Waals surface area contributed by atoms with Gasteiger partial charge in [0.15, 0.2) is 18.5 Å². The third kappa shape index (κ3) is 0.862. The summed E-state index contributed by atoms with van der Waals surface area (Å²) in [5, 5.41) is 27.2. The normalized spacial score (nSPS) is 52.2. The first-order valence-corrected chi connectivity index (χ1v) is 3.51. The summed E-state index contributed by atoms with van der Waals surface area (Å²) < 4.78 is 9.25. The van der Waals surface area contributed by atoms with Gasteiger partial charge in [-0.15, -0.1) is 0 Å². The largest absolute Gasteiger partial charge is 0.454 e. The molecule has 0 aromatic rings. The third-order valence-electron chi connectivity index (χ3n) is 2.05. The van der Waals surface area contributed by atoms with Crippen LogP contribution in [0.2, 0.25) is 0 Å². The van der Waals surface area contributed by atoms with Crippen molar-refractivity contribution in [2.45, 2.75) is 30.7 Å². The quantitative estimate of drug-likeness (QED) is 0.349. The molecule has 0 spiro atoms. The summed E-state index contributed by atoms with van der Waals surface area (Å²) in [6, 6.07) is 0. The van der Waals surface area contributed by atoms with Gasteiger partial charge in [0.05, 0.1) is 0 Å². The lowest BCUT2D eigenvalue weighted by Gasteiger charge is -2.10. The molecule has 0 radical (unpaired) electrons. The highest BCUT2D eigenvalue weighted by Crippen LogP contribution is 2.30. The fraction of sp³-hybridized carbons (Fsp3) is 0.833. The number of aliphatic hydroxyl groups is 3. The van der Waals surface area contributed by atoms with Crippen LogP contribution in [0.5, 0.6) is 0 Å². The monoisotopic (exact) mass is 176 g/mol. The fourth-order valence-electron chi connectivity index (χ4n) is 1.40. The van der Waals surface area contributed by atoms with Crippen LogP contribution in [-0.4, -0.2) is 52.0 Å². The Morgan fingerprint density at radius 1 is 1.17 bits per heavy atom. The molecule has 0 bridgehead atoms. The van der Waals surface area contributed by atoms with Crippen LogP contribution in [0.1, 0.15) is 0 Å². The Morgan fingerprint density at radius 3 is 2.42 bits per heavy atom. The Balaban J connectivity index is 2.19. The molecule has 2 rings (SSSR count). The SMILES string of the molecule is O=C1O[C@@H]2[C@H](O)[C@@H](O)O[C@@H]2[C@H]1O. The van der Waals surface area contributed by atoms with E-state index in [-0.39, 0.29) is 0 Å². The molecule has 0 saturated carbocycles. The van der Waals surface area contributed by atoms with Crippen molar-refractivity contribution in [3.8, 4) is 0 Å². The van der Waals surface area contributed by atoms with E-state index in [4.69, 9.17) is 15.3 Å². The fourth-order valence-corrected chi connectivity index (χ4v) is 1.40. The van der Waals surface area contributed by atoms with Gasteiger partial charge in [-0.25, -0.2) is 4.79 Å². The Bertz CT molecular complexity index is 216. The van der Waals surface area contributed by atoms with Crippen molar-refractivity contribution in [2.75, 3.05) is 0 Å². The van der Waals surface area contributed by atoms with E-state index in [1.165, 1.54) is 0 Å².